The van der Waals surface area contributed by atoms with Gasteiger partial charge in [0.1, 0.15) is 5.00 Å². The highest BCUT2D eigenvalue weighted by molar-refractivity contribution is 9.11. The van der Waals surface area contributed by atoms with E-state index in [4.69, 9.17) is 4.74 Å². The third-order valence-corrected chi connectivity index (χ3v) is 7.07. The first-order chi connectivity index (χ1) is 12.4. The Morgan fingerprint density at radius 2 is 2.12 bits per heavy atom. The van der Waals surface area contributed by atoms with Gasteiger partial charge >= 0.3 is 5.97 Å². The van der Waals surface area contributed by atoms with Gasteiger partial charge in [-0.25, -0.2) is 4.79 Å². The van der Waals surface area contributed by atoms with Crippen molar-refractivity contribution < 1.29 is 14.3 Å². The lowest BCUT2D eigenvalue weighted by atomic mass is 10.0. The van der Waals surface area contributed by atoms with Crippen molar-refractivity contribution in [3.63, 3.8) is 0 Å². The molecule has 26 heavy (non-hydrogen) atoms. The molecule has 0 atom stereocenters. The second-order valence-electron chi connectivity index (χ2n) is 6.30. The fraction of sp³-hybridized carbons (Fsp3) is 0.444. The second kappa shape index (κ2) is 8.21. The molecule has 5 nitrogen and oxygen atoms in total. The molecule has 8 heteroatoms. The average Bonchev–Trinajstić information content (AvgIpc) is 3.17. The van der Waals surface area contributed by atoms with Gasteiger partial charge in [-0.3, -0.25) is 9.69 Å². The first-order valence-corrected chi connectivity index (χ1v) is 11.0. The van der Waals surface area contributed by atoms with Crippen LogP contribution in [0.5, 0.6) is 0 Å². The zero-order valence-corrected chi connectivity index (χ0v) is 18.1. The lowest BCUT2D eigenvalue weighted by Gasteiger charge is -2.30. The smallest absolute Gasteiger partial charge is 0.341 e. The average molecular weight is 457 g/mol. The molecule has 0 bridgehead atoms. The molecular weight excluding hydrogens is 436 g/mol. The summed E-state index contributed by atoms with van der Waals surface area (Å²) >= 11 is 6.22. The predicted octanol–water partition coefficient (Wildman–Crippen LogP) is 4.77. The molecule has 0 saturated carbocycles. The van der Waals surface area contributed by atoms with Crippen molar-refractivity contribution in [2.45, 2.75) is 39.8 Å². The fourth-order valence-electron chi connectivity index (χ4n) is 2.97. The third-order valence-electron chi connectivity index (χ3n) is 4.32. The van der Waals surface area contributed by atoms with Crippen LogP contribution < -0.4 is 5.32 Å². The van der Waals surface area contributed by atoms with Gasteiger partial charge in [0.2, 0.25) is 0 Å². The first kappa shape index (κ1) is 19.5. The standard InChI is InChI=1S/C18H21BrN2O3S2/c1-4-24-18(23)15-11-7-8-21(10(2)3)9-13(11)26-17(15)20-16(22)12-5-6-14(19)25-12/h5-6,10H,4,7-9H2,1-3H3,(H,20,22). The number of esters is 1. The number of carbonyl (C=O) groups is 2. The van der Waals surface area contributed by atoms with E-state index in [2.05, 4.69) is 40.0 Å². The van der Waals surface area contributed by atoms with Crippen LogP contribution in [0.15, 0.2) is 15.9 Å². The largest absolute Gasteiger partial charge is 0.462 e. The number of anilines is 1. The lowest BCUT2D eigenvalue weighted by Crippen LogP contribution is -2.35. The Morgan fingerprint density at radius 3 is 2.73 bits per heavy atom. The molecule has 0 fully saturated rings. The molecule has 0 saturated heterocycles. The van der Waals surface area contributed by atoms with Crippen molar-refractivity contribution in [2.24, 2.45) is 0 Å². The number of halogens is 1. The van der Waals surface area contributed by atoms with E-state index in [1.807, 2.05) is 6.07 Å². The summed E-state index contributed by atoms with van der Waals surface area (Å²) in [6.07, 6.45) is 0.790. The zero-order valence-electron chi connectivity index (χ0n) is 14.9. The van der Waals surface area contributed by atoms with Gasteiger partial charge in [-0.15, -0.1) is 22.7 Å². The van der Waals surface area contributed by atoms with E-state index in [9.17, 15) is 9.59 Å². The summed E-state index contributed by atoms with van der Waals surface area (Å²) in [5.41, 5.74) is 1.55. The van der Waals surface area contributed by atoms with E-state index in [-0.39, 0.29) is 11.9 Å². The third kappa shape index (κ3) is 4.03. The maximum absolute atomic E-state index is 12.6. The molecule has 0 unspecified atom stereocenters. The Hall–Kier alpha value is -1.22. The zero-order chi connectivity index (χ0) is 18.8. The highest BCUT2D eigenvalue weighted by Crippen LogP contribution is 2.38. The van der Waals surface area contributed by atoms with Crippen LogP contribution in [0.3, 0.4) is 0 Å². The van der Waals surface area contributed by atoms with Gasteiger partial charge in [-0.2, -0.15) is 0 Å². The summed E-state index contributed by atoms with van der Waals surface area (Å²) in [7, 11) is 0. The Morgan fingerprint density at radius 1 is 1.35 bits per heavy atom. The molecule has 0 aliphatic carbocycles. The number of ether oxygens (including phenoxy) is 1. The van der Waals surface area contributed by atoms with E-state index >= 15 is 0 Å². The van der Waals surface area contributed by atoms with Crippen LogP contribution in [0, 0.1) is 0 Å². The maximum Gasteiger partial charge on any atom is 0.341 e. The molecule has 140 valence electrons. The number of rotatable bonds is 5. The maximum atomic E-state index is 12.6. The molecule has 0 radical (unpaired) electrons. The summed E-state index contributed by atoms with van der Waals surface area (Å²) in [6, 6.07) is 4.05. The molecule has 2 aromatic heterocycles. The van der Waals surface area contributed by atoms with Crippen LogP contribution in [0.25, 0.3) is 0 Å². The van der Waals surface area contributed by atoms with Gasteiger partial charge < -0.3 is 10.1 Å². The molecule has 3 rings (SSSR count). The van der Waals surface area contributed by atoms with Crippen molar-refractivity contribution >= 4 is 55.5 Å². The molecular formula is C18H21BrN2O3S2. The highest BCUT2D eigenvalue weighted by Gasteiger charge is 2.30. The number of thiophene rings is 2. The Kier molecular flexibility index (Phi) is 6.17. The highest BCUT2D eigenvalue weighted by atomic mass is 79.9. The Balaban J connectivity index is 1.93. The van der Waals surface area contributed by atoms with Crippen molar-refractivity contribution in [2.75, 3.05) is 18.5 Å². The number of nitrogens with zero attached hydrogens (tertiary/aromatic N) is 1. The Bertz CT molecular complexity index is 829. The molecule has 1 N–H and O–H groups in total. The SMILES string of the molecule is CCOC(=O)c1c(NC(=O)c2ccc(Br)s2)sc2c1CCN(C(C)C)C2. The molecule has 2 aromatic rings. The van der Waals surface area contributed by atoms with Gasteiger partial charge in [0.25, 0.3) is 5.91 Å². The summed E-state index contributed by atoms with van der Waals surface area (Å²) in [5, 5.41) is 3.52. The van der Waals surface area contributed by atoms with Gasteiger partial charge in [-0.1, -0.05) is 0 Å². The minimum Gasteiger partial charge on any atom is -0.462 e. The van der Waals surface area contributed by atoms with Crippen molar-refractivity contribution in [3.05, 3.63) is 36.8 Å². The van der Waals surface area contributed by atoms with Crippen LogP contribution in [0.2, 0.25) is 0 Å². The van der Waals surface area contributed by atoms with Crippen LogP contribution in [-0.4, -0.2) is 36.0 Å². The van der Waals surface area contributed by atoms with Gasteiger partial charge in [-0.05, 0) is 60.8 Å². The summed E-state index contributed by atoms with van der Waals surface area (Å²) in [5.74, 6) is -0.559. The van der Waals surface area contributed by atoms with Crippen LogP contribution >= 0.6 is 38.6 Å². The Labute approximate surface area is 169 Å². The molecule has 0 spiro atoms. The minimum absolute atomic E-state index is 0.203. The van der Waals surface area contributed by atoms with Crippen molar-refractivity contribution in [1.82, 2.24) is 4.90 Å². The lowest BCUT2D eigenvalue weighted by molar-refractivity contribution is 0.0526. The number of carbonyl (C=O) groups excluding carboxylic acids is 2. The first-order valence-electron chi connectivity index (χ1n) is 8.53. The quantitative estimate of drug-likeness (QED) is 0.658. The summed E-state index contributed by atoms with van der Waals surface area (Å²) in [6.45, 7) is 8.14. The summed E-state index contributed by atoms with van der Waals surface area (Å²) < 4.78 is 6.15. The monoisotopic (exact) mass is 456 g/mol. The van der Waals surface area contributed by atoms with Crippen molar-refractivity contribution in [1.29, 1.82) is 0 Å². The molecule has 1 aliphatic heterocycles. The summed E-state index contributed by atoms with van der Waals surface area (Å²) in [4.78, 5) is 29.2. The van der Waals surface area contributed by atoms with Crippen LogP contribution in [-0.2, 0) is 17.7 Å². The fourth-order valence-corrected chi connectivity index (χ4v) is 5.51. The molecule has 3 heterocycles. The van der Waals surface area contributed by atoms with E-state index in [0.717, 1.165) is 33.7 Å². The topological polar surface area (TPSA) is 58.6 Å². The van der Waals surface area contributed by atoms with E-state index in [1.54, 1.807) is 13.0 Å². The van der Waals surface area contributed by atoms with Crippen LogP contribution in [0.1, 0.15) is 51.2 Å². The molecule has 1 amide bonds. The number of fused-ring (bicyclic) bond motifs is 1. The van der Waals surface area contributed by atoms with Gasteiger partial charge in [0.05, 0.1) is 20.8 Å². The minimum atomic E-state index is -0.356. The normalized spacial score (nSPS) is 14.3. The van der Waals surface area contributed by atoms with Gasteiger partial charge in [0.15, 0.2) is 0 Å². The van der Waals surface area contributed by atoms with Gasteiger partial charge in [0, 0.05) is 24.0 Å². The second-order valence-corrected chi connectivity index (χ2v) is 9.87. The molecule has 0 aromatic carbocycles. The number of nitrogens with one attached hydrogen (secondary N) is 1. The van der Waals surface area contributed by atoms with Crippen LogP contribution in [0.4, 0.5) is 5.00 Å². The number of amides is 1. The molecule has 1 aliphatic rings. The predicted molar refractivity (Wildman–Crippen MR) is 109 cm³/mol. The number of hydrogen-bond acceptors (Lipinski definition) is 6. The number of hydrogen-bond donors (Lipinski definition) is 1. The van der Waals surface area contributed by atoms with Crippen molar-refractivity contribution in [3.8, 4) is 0 Å². The van der Waals surface area contributed by atoms with E-state index in [0.29, 0.717) is 28.1 Å². The van der Waals surface area contributed by atoms with E-state index < -0.39 is 0 Å². The van der Waals surface area contributed by atoms with E-state index in [1.165, 1.54) is 22.7 Å².